The third kappa shape index (κ3) is 3.63. The molecule has 5 aromatic rings. The van der Waals surface area contributed by atoms with Crippen LogP contribution in [0, 0.1) is 0 Å². The van der Waals surface area contributed by atoms with E-state index in [4.69, 9.17) is 0 Å². The maximum Gasteiger partial charge on any atom is 0.197 e. The molecule has 0 spiro atoms. The Kier molecular flexibility index (Phi) is 5.29. The predicted molar refractivity (Wildman–Crippen MR) is 160 cm³/mol. The minimum Gasteiger partial charge on any atom is -0.310 e. The third-order valence-corrected chi connectivity index (χ3v) is 9.17. The number of fused-ring (bicyclic) bond motifs is 4. The number of para-hydroxylation sites is 2. The number of hydrogen-bond acceptors (Lipinski definition) is 4. The van der Waals surface area contributed by atoms with E-state index in [9.17, 15) is 9.59 Å². The molecule has 0 amide bonds. The van der Waals surface area contributed by atoms with Crippen molar-refractivity contribution in [2.45, 2.75) is 19.3 Å². The van der Waals surface area contributed by atoms with Gasteiger partial charge >= 0.3 is 0 Å². The average molecular weight is 524 g/mol. The van der Waals surface area contributed by atoms with E-state index < -0.39 is 0 Å². The summed E-state index contributed by atoms with van der Waals surface area (Å²) in [5.41, 5.74) is 8.02. The van der Waals surface area contributed by atoms with Crippen molar-refractivity contribution in [2.75, 3.05) is 4.90 Å². The van der Waals surface area contributed by atoms with Gasteiger partial charge in [0.1, 0.15) is 0 Å². The zero-order valence-corrected chi connectivity index (χ0v) is 22.5. The van der Waals surface area contributed by atoms with Crippen LogP contribution in [0.3, 0.4) is 0 Å². The number of benzene rings is 4. The van der Waals surface area contributed by atoms with E-state index in [1.165, 1.54) is 21.6 Å². The molecule has 2 aliphatic carbocycles. The van der Waals surface area contributed by atoms with E-state index in [0.717, 1.165) is 21.9 Å². The largest absolute Gasteiger partial charge is 0.310 e. The molecule has 1 heterocycles. The summed E-state index contributed by atoms with van der Waals surface area (Å²) in [5.74, 6) is -0.370. The molecule has 4 heteroatoms. The molecular weight excluding hydrogens is 498 g/mol. The summed E-state index contributed by atoms with van der Waals surface area (Å²) in [6.07, 6.45) is 1.78. The maximum absolute atomic E-state index is 13.0. The van der Waals surface area contributed by atoms with Crippen molar-refractivity contribution in [3.8, 4) is 11.1 Å². The van der Waals surface area contributed by atoms with Crippen molar-refractivity contribution in [3.63, 3.8) is 0 Å². The first-order valence-electron chi connectivity index (χ1n) is 13.0. The van der Waals surface area contributed by atoms with Crippen LogP contribution in [0.2, 0.25) is 0 Å². The van der Waals surface area contributed by atoms with E-state index in [1.807, 2.05) is 12.1 Å². The molecule has 39 heavy (non-hydrogen) atoms. The highest BCUT2D eigenvalue weighted by Gasteiger charge is 2.39. The molecule has 0 N–H and O–H groups in total. The fourth-order valence-corrected chi connectivity index (χ4v) is 7.07. The maximum atomic E-state index is 13.0. The summed E-state index contributed by atoms with van der Waals surface area (Å²) in [7, 11) is 0. The summed E-state index contributed by atoms with van der Waals surface area (Å²) < 4.78 is 0. The molecule has 0 unspecified atom stereocenters. The van der Waals surface area contributed by atoms with Gasteiger partial charge in [0.2, 0.25) is 0 Å². The lowest BCUT2D eigenvalue weighted by atomic mass is 9.86. The molecule has 2 aliphatic rings. The van der Waals surface area contributed by atoms with Crippen LogP contribution in [-0.2, 0) is 5.41 Å². The van der Waals surface area contributed by atoms with Crippen molar-refractivity contribution < 1.29 is 9.59 Å². The van der Waals surface area contributed by atoms with Crippen molar-refractivity contribution in [3.05, 3.63) is 141 Å². The number of ketones is 2. The van der Waals surface area contributed by atoms with Gasteiger partial charge in [-0.3, -0.25) is 9.59 Å². The highest BCUT2D eigenvalue weighted by Crippen LogP contribution is 2.54. The van der Waals surface area contributed by atoms with Crippen LogP contribution in [0.25, 0.3) is 17.2 Å². The molecule has 188 valence electrons. The molecule has 7 rings (SSSR count). The lowest BCUT2D eigenvalue weighted by molar-refractivity contribution is 0.0990. The van der Waals surface area contributed by atoms with Crippen molar-refractivity contribution >= 4 is 46.0 Å². The lowest BCUT2D eigenvalue weighted by Crippen LogP contribution is -2.15. The van der Waals surface area contributed by atoms with Gasteiger partial charge in [-0.25, -0.2) is 0 Å². The zero-order valence-electron chi connectivity index (χ0n) is 21.6. The van der Waals surface area contributed by atoms with Gasteiger partial charge in [0.05, 0.1) is 5.57 Å². The Morgan fingerprint density at radius 1 is 0.615 bits per heavy atom. The second-order valence-corrected chi connectivity index (χ2v) is 11.6. The molecular formula is C35H25NO2S. The zero-order chi connectivity index (χ0) is 26.7. The van der Waals surface area contributed by atoms with E-state index in [-0.39, 0.29) is 22.6 Å². The van der Waals surface area contributed by atoms with E-state index in [0.29, 0.717) is 11.1 Å². The summed E-state index contributed by atoms with van der Waals surface area (Å²) >= 11 is 1.67. The molecule has 0 atom stereocenters. The number of allylic oxidation sites excluding steroid dienone is 1. The van der Waals surface area contributed by atoms with E-state index in [1.54, 1.807) is 41.7 Å². The Morgan fingerprint density at radius 2 is 1.18 bits per heavy atom. The van der Waals surface area contributed by atoms with Crippen LogP contribution < -0.4 is 4.90 Å². The standard InChI is InChI=1S/C35H25NO2S/c1-35(2)31-19-24(36(22-11-5-3-6-12-22)23-13-7-4-8-14-23)17-18-26(31)29-20-25(39-34(29)35)21-30-32(37)27-15-9-10-16-28(27)33(30)38/h3-21H,1-2H3. The second kappa shape index (κ2) is 8.75. The molecule has 0 saturated carbocycles. The van der Waals surface area contributed by atoms with Crippen LogP contribution in [0.15, 0.2) is 115 Å². The average Bonchev–Trinajstić information content (AvgIpc) is 3.56. The van der Waals surface area contributed by atoms with Gasteiger partial charge < -0.3 is 4.90 Å². The van der Waals surface area contributed by atoms with E-state index >= 15 is 0 Å². The molecule has 1 aromatic heterocycles. The number of anilines is 3. The normalized spacial score (nSPS) is 14.7. The van der Waals surface area contributed by atoms with Gasteiger partial charge in [-0.2, -0.15) is 0 Å². The van der Waals surface area contributed by atoms with Gasteiger partial charge in [0.15, 0.2) is 11.6 Å². The quantitative estimate of drug-likeness (QED) is 0.174. The molecule has 4 aromatic carbocycles. The number of carbonyl (C=O) groups is 2. The molecule has 3 nitrogen and oxygen atoms in total. The van der Waals surface area contributed by atoms with Gasteiger partial charge in [-0.1, -0.05) is 80.6 Å². The summed E-state index contributed by atoms with van der Waals surface area (Å²) in [6.45, 7) is 4.51. The van der Waals surface area contributed by atoms with Gasteiger partial charge in [-0.05, 0) is 65.2 Å². The van der Waals surface area contributed by atoms with Crippen LogP contribution in [0.1, 0.15) is 49.9 Å². The highest BCUT2D eigenvalue weighted by molar-refractivity contribution is 7.13. The molecule has 0 bridgehead atoms. The number of nitrogens with zero attached hydrogens (tertiary/aromatic N) is 1. The Balaban J connectivity index is 1.30. The summed E-state index contributed by atoms with van der Waals surface area (Å²) in [6, 6.07) is 36.8. The molecule has 0 radical (unpaired) electrons. The van der Waals surface area contributed by atoms with Crippen molar-refractivity contribution in [1.82, 2.24) is 0 Å². The van der Waals surface area contributed by atoms with Crippen molar-refractivity contribution in [1.29, 1.82) is 0 Å². The minimum absolute atomic E-state index is 0.185. The Hall–Kier alpha value is -4.54. The fraction of sp³-hybridized carbons (Fsp3) is 0.0857. The Morgan fingerprint density at radius 3 is 1.77 bits per heavy atom. The third-order valence-electron chi connectivity index (χ3n) is 7.76. The van der Waals surface area contributed by atoms with Crippen LogP contribution in [-0.4, -0.2) is 11.6 Å². The number of rotatable bonds is 4. The fourth-order valence-electron chi connectivity index (χ4n) is 5.84. The first-order valence-corrected chi connectivity index (χ1v) is 13.8. The van der Waals surface area contributed by atoms with Gasteiger partial charge in [-0.15, -0.1) is 11.3 Å². The number of carbonyl (C=O) groups excluding carboxylic acids is 2. The minimum atomic E-state index is -0.214. The van der Waals surface area contributed by atoms with Gasteiger partial charge in [0, 0.05) is 43.4 Å². The van der Waals surface area contributed by atoms with Crippen LogP contribution in [0.4, 0.5) is 17.1 Å². The number of Topliss-reactive ketones (excluding diaryl/α,β-unsaturated/α-hetero) is 2. The molecule has 0 aliphatic heterocycles. The first kappa shape index (κ1) is 23.6. The predicted octanol–water partition coefficient (Wildman–Crippen LogP) is 8.99. The van der Waals surface area contributed by atoms with Crippen LogP contribution >= 0.6 is 11.3 Å². The topological polar surface area (TPSA) is 37.4 Å². The molecule has 0 fully saturated rings. The van der Waals surface area contributed by atoms with E-state index in [2.05, 4.69) is 91.5 Å². The number of thiophene rings is 1. The smallest absolute Gasteiger partial charge is 0.197 e. The Labute approximate surface area is 231 Å². The first-order chi connectivity index (χ1) is 18.9. The van der Waals surface area contributed by atoms with Gasteiger partial charge in [0.25, 0.3) is 0 Å². The Bertz CT molecular complexity index is 1740. The highest BCUT2D eigenvalue weighted by atomic mass is 32.1. The second-order valence-electron chi connectivity index (χ2n) is 10.5. The number of hydrogen-bond donors (Lipinski definition) is 0. The SMILES string of the molecule is CC1(C)c2cc(N(c3ccccc3)c3ccccc3)ccc2-c2cc(C=C3C(=O)c4ccccc4C3=O)sc21. The van der Waals surface area contributed by atoms with Crippen molar-refractivity contribution in [2.24, 2.45) is 0 Å². The lowest BCUT2D eigenvalue weighted by Gasteiger charge is -2.28. The summed E-state index contributed by atoms with van der Waals surface area (Å²) in [4.78, 5) is 30.4. The monoisotopic (exact) mass is 523 g/mol. The van der Waals surface area contributed by atoms with Crippen LogP contribution in [0.5, 0.6) is 0 Å². The summed E-state index contributed by atoms with van der Waals surface area (Å²) in [5, 5.41) is 0. The molecule has 0 saturated heterocycles.